The normalized spacial score (nSPS) is 23.0. The lowest BCUT2D eigenvalue weighted by Gasteiger charge is -2.37. The summed E-state index contributed by atoms with van der Waals surface area (Å²) in [5, 5.41) is 4.72. The van der Waals surface area contributed by atoms with Crippen molar-refractivity contribution in [1.82, 2.24) is 14.7 Å². The van der Waals surface area contributed by atoms with Gasteiger partial charge in [-0.15, -0.1) is 0 Å². The minimum Gasteiger partial charge on any atom is -0.337 e. The predicted octanol–water partition coefficient (Wildman–Crippen LogP) is 5.05. The van der Waals surface area contributed by atoms with E-state index in [0.717, 1.165) is 24.6 Å². The van der Waals surface area contributed by atoms with Crippen LogP contribution in [0.25, 0.3) is 0 Å². The molecule has 2 saturated carbocycles. The molecule has 2 aliphatic carbocycles. The highest BCUT2D eigenvalue weighted by Crippen LogP contribution is 2.36. The summed E-state index contributed by atoms with van der Waals surface area (Å²) >= 11 is 0. The number of nitrogens with zero attached hydrogens (tertiary/aromatic N) is 3. The van der Waals surface area contributed by atoms with Crippen molar-refractivity contribution in [2.24, 2.45) is 11.8 Å². The number of aryl methyl sites for hydroxylation is 1. The Bertz CT molecular complexity index is 636. The van der Waals surface area contributed by atoms with Crippen LogP contribution in [0.4, 0.5) is 0 Å². The van der Waals surface area contributed by atoms with Gasteiger partial charge in [-0.25, -0.2) is 0 Å². The van der Waals surface area contributed by atoms with Gasteiger partial charge in [0.05, 0.1) is 5.69 Å². The smallest absolute Gasteiger partial charge is 0.223 e. The molecule has 1 heterocycles. The molecule has 0 atom stereocenters. The molecule has 0 N–H and O–H groups in total. The van der Waals surface area contributed by atoms with Crippen LogP contribution in [0.2, 0.25) is 0 Å². The summed E-state index contributed by atoms with van der Waals surface area (Å²) in [5.41, 5.74) is 3.63. The second-order valence-corrected chi connectivity index (χ2v) is 9.34. The Morgan fingerprint density at radius 3 is 2.22 bits per heavy atom. The Labute approximate surface area is 165 Å². The van der Waals surface area contributed by atoms with Gasteiger partial charge in [-0.05, 0) is 76.2 Å². The van der Waals surface area contributed by atoms with Crippen LogP contribution in [0.15, 0.2) is 0 Å². The van der Waals surface area contributed by atoms with Gasteiger partial charge in [-0.3, -0.25) is 9.48 Å². The van der Waals surface area contributed by atoms with E-state index in [2.05, 4.69) is 44.2 Å². The Balaban J connectivity index is 1.61. The first kappa shape index (κ1) is 20.4. The van der Waals surface area contributed by atoms with Crippen LogP contribution in [-0.2, 0) is 17.8 Å². The van der Waals surface area contributed by atoms with Crippen molar-refractivity contribution in [2.75, 3.05) is 0 Å². The molecule has 1 aromatic heterocycles. The van der Waals surface area contributed by atoms with E-state index in [1.807, 2.05) is 0 Å². The number of rotatable bonds is 8. The molecule has 2 fully saturated rings. The second kappa shape index (κ2) is 8.79. The van der Waals surface area contributed by atoms with Crippen molar-refractivity contribution in [3.63, 3.8) is 0 Å². The molecule has 4 heteroatoms. The number of carbonyl (C=O) groups is 1. The monoisotopic (exact) mass is 373 g/mol. The molecule has 0 unspecified atom stereocenters. The number of aromatic nitrogens is 2. The van der Waals surface area contributed by atoms with Crippen molar-refractivity contribution in [3.8, 4) is 0 Å². The molecule has 0 aliphatic heterocycles. The van der Waals surface area contributed by atoms with Gasteiger partial charge in [-0.1, -0.05) is 27.2 Å². The third-order valence-electron chi connectivity index (χ3n) is 6.67. The summed E-state index contributed by atoms with van der Waals surface area (Å²) in [6, 6.07) is 1.03. The second-order valence-electron chi connectivity index (χ2n) is 9.34. The Morgan fingerprint density at radius 2 is 1.70 bits per heavy atom. The van der Waals surface area contributed by atoms with Crippen molar-refractivity contribution < 1.29 is 4.79 Å². The summed E-state index contributed by atoms with van der Waals surface area (Å²) in [7, 11) is 0. The summed E-state index contributed by atoms with van der Waals surface area (Å²) in [5.74, 6) is 1.85. The Morgan fingerprint density at radius 1 is 1.11 bits per heavy atom. The summed E-state index contributed by atoms with van der Waals surface area (Å²) in [6.07, 6.45) is 10.2. The lowest BCUT2D eigenvalue weighted by atomic mass is 9.83. The van der Waals surface area contributed by atoms with E-state index in [4.69, 9.17) is 5.10 Å². The Kier molecular flexibility index (Phi) is 6.65. The zero-order chi connectivity index (χ0) is 19.6. The van der Waals surface area contributed by atoms with Crippen LogP contribution < -0.4 is 0 Å². The fourth-order valence-corrected chi connectivity index (χ4v) is 4.87. The van der Waals surface area contributed by atoms with E-state index < -0.39 is 0 Å². The molecular weight excluding hydrogens is 334 g/mol. The van der Waals surface area contributed by atoms with Crippen molar-refractivity contribution in [2.45, 2.75) is 111 Å². The van der Waals surface area contributed by atoms with Gasteiger partial charge in [0, 0.05) is 30.7 Å². The highest BCUT2D eigenvalue weighted by Gasteiger charge is 2.38. The van der Waals surface area contributed by atoms with Crippen LogP contribution in [0.5, 0.6) is 0 Å². The molecule has 1 aromatic rings. The van der Waals surface area contributed by atoms with Crippen LogP contribution in [0.3, 0.4) is 0 Å². The molecule has 4 nitrogen and oxygen atoms in total. The van der Waals surface area contributed by atoms with Crippen molar-refractivity contribution >= 4 is 5.91 Å². The van der Waals surface area contributed by atoms with Crippen LogP contribution in [0.1, 0.15) is 89.1 Å². The molecule has 0 aromatic carbocycles. The first-order chi connectivity index (χ1) is 12.9. The number of hydrogen-bond donors (Lipinski definition) is 0. The van der Waals surface area contributed by atoms with Crippen LogP contribution in [0, 0.1) is 25.7 Å². The van der Waals surface area contributed by atoms with E-state index in [-0.39, 0.29) is 0 Å². The van der Waals surface area contributed by atoms with Crippen molar-refractivity contribution in [3.05, 3.63) is 17.0 Å². The number of carbonyl (C=O) groups excluding carboxylic acids is 1. The fraction of sp³-hybridized carbons (Fsp3) is 0.826. The molecule has 0 spiro atoms. The lowest BCUT2D eigenvalue weighted by Crippen LogP contribution is -2.44. The van der Waals surface area contributed by atoms with Gasteiger partial charge in [0.15, 0.2) is 0 Å². The minimum atomic E-state index is 0.382. The molecule has 152 valence electrons. The van der Waals surface area contributed by atoms with Gasteiger partial charge in [-0.2, -0.15) is 5.10 Å². The lowest BCUT2D eigenvalue weighted by molar-refractivity contribution is -0.135. The summed E-state index contributed by atoms with van der Waals surface area (Å²) in [6.45, 7) is 12.0. The molecular formula is C23H39N3O. The van der Waals surface area contributed by atoms with E-state index in [1.165, 1.54) is 56.2 Å². The third-order valence-corrected chi connectivity index (χ3v) is 6.67. The van der Waals surface area contributed by atoms with E-state index in [1.54, 1.807) is 0 Å². The maximum atomic E-state index is 13.2. The van der Waals surface area contributed by atoms with E-state index in [0.29, 0.717) is 30.3 Å². The molecule has 2 aliphatic rings. The molecule has 0 bridgehead atoms. The number of hydrogen-bond acceptors (Lipinski definition) is 2. The highest BCUT2D eigenvalue weighted by atomic mass is 16.2. The zero-order valence-corrected chi connectivity index (χ0v) is 18.1. The summed E-state index contributed by atoms with van der Waals surface area (Å²) < 4.78 is 2.13. The van der Waals surface area contributed by atoms with E-state index in [9.17, 15) is 4.79 Å². The van der Waals surface area contributed by atoms with Crippen LogP contribution in [-0.4, -0.2) is 32.7 Å². The average molecular weight is 374 g/mol. The highest BCUT2D eigenvalue weighted by molar-refractivity contribution is 5.77. The zero-order valence-electron chi connectivity index (χ0n) is 18.1. The molecule has 27 heavy (non-hydrogen) atoms. The number of amides is 1. The van der Waals surface area contributed by atoms with E-state index >= 15 is 0 Å². The van der Waals surface area contributed by atoms with Gasteiger partial charge < -0.3 is 4.90 Å². The predicted molar refractivity (Wildman–Crippen MR) is 111 cm³/mol. The quantitative estimate of drug-likeness (QED) is 0.639. The van der Waals surface area contributed by atoms with Gasteiger partial charge >= 0.3 is 0 Å². The van der Waals surface area contributed by atoms with Gasteiger partial charge in [0.2, 0.25) is 5.91 Å². The van der Waals surface area contributed by atoms with Gasteiger partial charge in [0.1, 0.15) is 0 Å². The molecule has 0 radical (unpaired) electrons. The Hall–Kier alpha value is -1.32. The standard InChI is InChI=1S/C23H39N3O/c1-6-19-7-9-20(10-8-19)26(21-11-12-21)23(27)14-13-22-17(4)24-25(18(22)5)15-16(2)3/h16,19-21H,6-15H2,1-5H3. The molecule has 3 rings (SSSR count). The largest absolute Gasteiger partial charge is 0.337 e. The fourth-order valence-electron chi connectivity index (χ4n) is 4.87. The van der Waals surface area contributed by atoms with Gasteiger partial charge in [0.25, 0.3) is 0 Å². The van der Waals surface area contributed by atoms with Crippen LogP contribution >= 0.6 is 0 Å². The minimum absolute atomic E-state index is 0.382. The maximum absolute atomic E-state index is 13.2. The summed E-state index contributed by atoms with van der Waals surface area (Å²) in [4.78, 5) is 15.5. The first-order valence-electron chi connectivity index (χ1n) is 11.2. The third kappa shape index (κ3) is 4.94. The average Bonchev–Trinajstić information content (AvgIpc) is 3.42. The maximum Gasteiger partial charge on any atom is 0.223 e. The SMILES string of the molecule is CCC1CCC(N(C(=O)CCc2c(C)nn(CC(C)C)c2C)C2CC2)CC1. The first-order valence-corrected chi connectivity index (χ1v) is 11.2. The van der Waals surface area contributed by atoms with Crippen molar-refractivity contribution in [1.29, 1.82) is 0 Å². The topological polar surface area (TPSA) is 38.1 Å². The molecule has 1 amide bonds. The molecule has 0 saturated heterocycles.